The Morgan fingerprint density at radius 3 is 2.87 bits per heavy atom. The molecule has 1 amide bonds. The summed E-state index contributed by atoms with van der Waals surface area (Å²) in [7, 11) is 3.60. The van der Waals surface area contributed by atoms with Gasteiger partial charge in [0.05, 0.1) is 17.2 Å². The number of amides is 1. The highest BCUT2D eigenvalue weighted by Gasteiger charge is 2.60. The Hall–Kier alpha value is -2.15. The quantitative estimate of drug-likeness (QED) is 0.892. The average Bonchev–Trinajstić information content (AvgIpc) is 2.83. The molecule has 2 fully saturated rings. The summed E-state index contributed by atoms with van der Waals surface area (Å²) in [6.45, 7) is 0. The van der Waals surface area contributed by atoms with E-state index in [-0.39, 0.29) is 29.2 Å². The highest BCUT2D eigenvalue weighted by molar-refractivity contribution is 5.96. The molecule has 2 aliphatic carbocycles. The highest BCUT2D eigenvalue weighted by atomic mass is 16.5. The number of aromatic nitrogens is 3. The molecule has 2 aliphatic rings. The van der Waals surface area contributed by atoms with Gasteiger partial charge in [-0.25, -0.2) is 9.78 Å². The van der Waals surface area contributed by atoms with Crippen LogP contribution < -0.4 is 5.69 Å². The van der Waals surface area contributed by atoms with E-state index in [2.05, 4.69) is 15.0 Å². The number of fused-ring (bicyclic) bond motifs is 1. The summed E-state index contributed by atoms with van der Waals surface area (Å²) in [5.41, 5.74) is 1.33. The minimum Gasteiger partial charge on any atom is -0.381 e. The number of hydrogen-bond donors (Lipinski definition) is 2. The van der Waals surface area contributed by atoms with Gasteiger partial charge in [-0.05, 0) is 25.3 Å². The Morgan fingerprint density at radius 2 is 2.22 bits per heavy atom. The average molecular weight is 316 g/mol. The van der Waals surface area contributed by atoms with Crippen molar-refractivity contribution >= 4 is 17.1 Å². The number of carbonyl (C=O) groups is 1. The van der Waals surface area contributed by atoms with E-state index < -0.39 is 0 Å². The summed E-state index contributed by atoms with van der Waals surface area (Å²) < 4.78 is 5.58. The van der Waals surface area contributed by atoms with Crippen LogP contribution in [0.3, 0.4) is 0 Å². The molecule has 0 bridgehead atoms. The van der Waals surface area contributed by atoms with Gasteiger partial charge in [-0.2, -0.15) is 0 Å². The third-order valence-corrected chi connectivity index (χ3v) is 5.71. The Bertz CT molecular complexity index is 820. The second-order valence-corrected chi connectivity index (χ2v) is 6.68. The molecule has 2 unspecified atom stereocenters. The van der Waals surface area contributed by atoms with E-state index in [1.807, 2.05) is 11.9 Å². The Morgan fingerprint density at radius 1 is 1.43 bits per heavy atom. The summed E-state index contributed by atoms with van der Waals surface area (Å²) in [6, 6.07) is 1.90. The van der Waals surface area contributed by atoms with E-state index in [1.54, 1.807) is 13.2 Å². The van der Waals surface area contributed by atoms with Gasteiger partial charge in [0.1, 0.15) is 0 Å². The summed E-state index contributed by atoms with van der Waals surface area (Å²) in [5, 5.41) is 0. The number of aromatic amines is 2. The Kier molecular flexibility index (Phi) is 3.09. The molecular formula is C16H20N4O3. The van der Waals surface area contributed by atoms with Gasteiger partial charge in [-0.15, -0.1) is 0 Å². The van der Waals surface area contributed by atoms with Gasteiger partial charge in [0.25, 0.3) is 5.91 Å². The van der Waals surface area contributed by atoms with Crippen molar-refractivity contribution < 1.29 is 9.53 Å². The second-order valence-electron chi connectivity index (χ2n) is 6.68. The van der Waals surface area contributed by atoms with Crippen molar-refractivity contribution in [2.75, 3.05) is 14.2 Å². The molecule has 2 aromatic heterocycles. The maximum absolute atomic E-state index is 12.8. The molecule has 7 nitrogen and oxygen atoms in total. The topological polar surface area (TPSA) is 91.1 Å². The molecule has 2 N–H and O–H groups in total. The zero-order valence-corrected chi connectivity index (χ0v) is 13.3. The minimum absolute atomic E-state index is 0.0627. The van der Waals surface area contributed by atoms with Crippen molar-refractivity contribution in [3.8, 4) is 0 Å². The molecule has 7 heteroatoms. The maximum Gasteiger partial charge on any atom is 0.325 e. The van der Waals surface area contributed by atoms with Gasteiger partial charge in [-0.3, -0.25) is 9.78 Å². The van der Waals surface area contributed by atoms with Crippen LogP contribution in [0.2, 0.25) is 0 Å². The lowest BCUT2D eigenvalue weighted by atomic mass is 9.50. The summed E-state index contributed by atoms with van der Waals surface area (Å²) in [4.78, 5) is 35.3. The van der Waals surface area contributed by atoms with Gasteiger partial charge in [0.2, 0.25) is 0 Å². The fraction of sp³-hybridized carbons (Fsp3) is 0.562. The molecule has 2 heterocycles. The zero-order chi connectivity index (χ0) is 16.2. The molecular weight excluding hydrogens is 296 g/mol. The molecule has 0 saturated heterocycles. The standard InChI is InChI=1S/C16H20N4O3/c1-20(11-7-12(23-2)16(11)4-3-5-16)14(21)9-6-10-13(17-8-9)19-15(22)18-10/h6,8,11-12H,3-5,7H2,1-2H3,(H2,17,18,19,22). The number of H-pyrrole nitrogens is 2. The van der Waals surface area contributed by atoms with Crippen molar-refractivity contribution in [1.82, 2.24) is 19.9 Å². The van der Waals surface area contributed by atoms with E-state index in [0.717, 1.165) is 19.3 Å². The molecule has 2 atom stereocenters. The van der Waals surface area contributed by atoms with Gasteiger partial charge < -0.3 is 14.6 Å². The Balaban J connectivity index is 1.59. The molecule has 4 rings (SSSR count). The number of nitrogens with zero attached hydrogens (tertiary/aromatic N) is 2. The molecule has 122 valence electrons. The minimum atomic E-state index is -0.319. The molecule has 2 aromatic rings. The van der Waals surface area contributed by atoms with E-state index in [9.17, 15) is 9.59 Å². The van der Waals surface area contributed by atoms with E-state index in [1.165, 1.54) is 12.6 Å². The van der Waals surface area contributed by atoms with Gasteiger partial charge in [-0.1, -0.05) is 6.42 Å². The lowest BCUT2D eigenvalue weighted by Gasteiger charge is -2.62. The smallest absolute Gasteiger partial charge is 0.325 e. The molecule has 2 saturated carbocycles. The third kappa shape index (κ3) is 1.96. The monoisotopic (exact) mass is 316 g/mol. The van der Waals surface area contributed by atoms with E-state index in [0.29, 0.717) is 16.7 Å². The van der Waals surface area contributed by atoms with Crippen molar-refractivity contribution in [1.29, 1.82) is 0 Å². The van der Waals surface area contributed by atoms with Crippen LogP contribution in [0.1, 0.15) is 36.0 Å². The van der Waals surface area contributed by atoms with Gasteiger partial charge in [0, 0.05) is 31.8 Å². The first kappa shape index (κ1) is 14.4. The Labute approximate surface area is 133 Å². The first-order valence-electron chi connectivity index (χ1n) is 7.93. The SMILES string of the molecule is COC1CC(N(C)C(=O)c2cnc3[nH]c(=O)[nH]c3c2)C12CCC2. The summed E-state index contributed by atoms with van der Waals surface area (Å²) in [5.74, 6) is -0.0627. The van der Waals surface area contributed by atoms with Crippen molar-refractivity contribution in [3.63, 3.8) is 0 Å². The van der Waals surface area contributed by atoms with Gasteiger partial charge in [0.15, 0.2) is 5.65 Å². The normalized spacial score (nSPS) is 25.1. The molecule has 0 aromatic carbocycles. The fourth-order valence-electron chi connectivity index (χ4n) is 4.22. The number of hydrogen-bond acceptors (Lipinski definition) is 4. The predicted octanol–water partition coefficient (Wildman–Crippen LogP) is 1.28. The molecule has 1 spiro atoms. The zero-order valence-electron chi connectivity index (χ0n) is 13.3. The van der Waals surface area contributed by atoms with Crippen LogP contribution in [0.15, 0.2) is 17.1 Å². The van der Waals surface area contributed by atoms with Crippen LogP contribution >= 0.6 is 0 Å². The number of carbonyl (C=O) groups excluding carboxylic acids is 1. The van der Waals surface area contributed by atoms with Crippen LogP contribution in [0.25, 0.3) is 11.2 Å². The van der Waals surface area contributed by atoms with Crippen molar-refractivity contribution in [2.45, 2.75) is 37.8 Å². The van der Waals surface area contributed by atoms with E-state index >= 15 is 0 Å². The third-order valence-electron chi connectivity index (χ3n) is 5.71. The van der Waals surface area contributed by atoms with Crippen LogP contribution in [0.5, 0.6) is 0 Å². The second kappa shape index (κ2) is 4.92. The summed E-state index contributed by atoms with van der Waals surface area (Å²) >= 11 is 0. The molecule has 0 radical (unpaired) electrons. The number of rotatable bonds is 3. The number of ether oxygens (including phenoxy) is 1. The van der Waals surface area contributed by atoms with Crippen LogP contribution in [-0.2, 0) is 4.74 Å². The largest absolute Gasteiger partial charge is 0.381 e. The first-order valence-corrected chi connectivity index (χ1v) is 7.93. The number of imidazole rings is 1. The number of nitrogens with one attached hydrogen (secondary N) is 2. The fourth-order valence-corrected chi connectivity index (χ4v) is 4.22. The highest BCUT2D eigenvalue weighted by Crippen LogP contribution is 2.58. The van der Waals surface area contributed by atoms with E-state index in [4.69, 9.17) is 4.74 Å². The van der Waals surface area contributed by atoms with Crippen molar-refractivity contribution in [2.24, 2.45) is 5.41 Å². The summed E-state index contributed by atoms with van der Waals surface area (Å²) in [6.07, 6.45) is 6.11. The van der Waals surface area contributed by atoms with Gasteiger partial charge >= 0.3 is 5.69 Å². The number of methoxy groups -OCH3 is 1. The molecule has 0 aliphatic heterocycles. The predicted molar refractivity (Wildman–Crippen MR) is 84.3 cm³/mol. The van der Waals surface area contributed by atoms with Crippen LogP contribution in [0.4, 0.5) is 0 Å². The lowest BCUT2D eigenvalue weighted by Crippen LogP contribution is -2.67. The van der Waals surface area contributed by atoms with Crippen LogP contribution in [-0.4, -0.2) is 52.1 Å². The number of pyridine rings is 1. The maximum atomic E-state index is 12.8. The first-order chi connectivity index (χ1) is 11.0. The van der Waals surface area contributed by atoms with Crippen LogP contribution in [0, 0.1) is 5.41 Å². The lowest BCUT2D eigenvalue weighted by molar-refractivity contribution is -0.182. The molecule has 23 heavy (non-hydrogen) atoms. The van der Waals surface area contributed by atoms with Crippen molar-refractivity contribution in [3.05, 3.63) is 28.3 Å².